The van der Waals surface area contributed by atoms with Crippen LogP contribution in [0.2, 0.25) is 0 Å². The minimum absolute atomic E-state index is 0.0275. The lowest BCUT2D eigenvalue weighted by Gasteiger charge is -2.11. The number of hydrogen-bond donors (Lipinski definition) is 1. The maximum Gasteiger partial charge on any atom is 0.127 e. The van der Waals surface area contributed by atoms with Gasteiger partial charge in [0.25, 0.3) is 0 Å². The maximum atomic E-state index is 5.72. The van der Waals surface area contributed by atoms with Crippen LogP contribution in [-0.4, -0.2) is 11.6 Å². The van der Waals surface area contributed by atoms with Crippen LogP contribution in [0.25, 0.3) is 0 Å². The first-order chi connectivity index (χ1) is 5.75. The zero-order valence-corrected chi connectivity index (χ0v) is 7.45. The number of hydrogen-bond acceptors (Lipinski definition) is 3. The van der Waals surface area contributed by atoms with Crippen LogP contribution >= 0.6 is 0 Å². The molecule has 1 aromatic rings. The van der Waals surface area contributed by atoms with E-state index < -0.39 is 0 Å². The molecule has 0 radical (unpaired) electrons. The predicted octanol–water partition coefficient (Wildman–Crippen LogP) is 1.50. The molecule has 0 aliphatic carbocycles. The van der Waals surface area contributed by atoms with Gasteiger partial charge in [-0.3, -0.25) is 4.98 Å². The fourth-order valence-electron chi connectivity index (χ4n) is 1.02. The second-order valence-electron chi connectivity index (χ2n) is 2.64. The highest BCUT2D eigenvalue weighted by Gasteiger charge is 2.06. The topological polar surface area (TPSA) is 48.1 Å². The highest BCUT2D eigenvalue weighted by molar-refractivity contribution is 5.32. The Morgan fingerprint density at radius 2 is 2.42 bits per heavy atom. The molecule has 12 heavy (non-hydrogen) atoms. The van der Waals surface area contributed by atoms with Gasteiger partial charge in [0.1, 0.15) is 5.75 Å². The van der Waals surface area contributed by atoms with Gasteiger partial charge in [0.05, 0.1) is 6.61 Å². The molecule has 0 saturated heterocycles. The van der Waals surface area contributed by atoms with Crippen molar-refractivity contribution in [3.63, 3.8) is 0 Å². The summed E-state index contributed by atoms with van der Waals surface area (Å²) < 4.78 is 5.38. The molecule has 0 spiro atoms. The van der Waals surface area contributed by atoms with Crippen LogP contribution in [0.15, 0.2) is 18.5 Å². The van der Waals surface area contributed by atoms with E-state index in [0.29, 0.717) is 6.61 Å². The first-order valence-electron chi connectivity index (χ1n) is 4.08. The Morgan fingerprint density at radius 1 is 1.67 bits per heavy atom. The predicted molar refractivity (Wildman–Crippen MR) is 48.0 cm³/mol. The van der Waals surface area contributed by atoms with E-state index in [1.807, 2.05) is 19.9 Å². The van der Waals surface area contributed by atoms with E-state index in [9.17, 15) is 0 Å². The third kappa shape index (κ3) is 1.95. The van der Waals surface area contributed by atoms with Gasteiger partial charge < -0.3 is 10.5 Å². The van der Waals surface area contributed by atoms with Gasteiger partial charge in [-0.2, -0.15) is 0 Å². The second kappa shape index (κ2) is 4.07. The highest BCUT2D eigenvalue weighted by atomic mass is 16.5. The molecule has 3 nitrogen and oxygen atoms in total. The lowest BCUT2D eigenvalue weighted by atomic mass is 10.1. The molecule has 0 unspecified atom stereocenters. The third-order valence-electron chi connectivity index (χ3n) is 1.60. The summed E-state index contributed by atoms with van der Waals surface area (Å²) in [7, 11) is 0. The minimum atomic E-state index is -0.0275. The van der Waals surface area contributed by atoms with Crippen molar-refractivity contribution in [1.29, 1.82) is 0 Å². The van der Waals surface area contributed by atoms with E-state index in [2.05, 4.69) is 4.98 Å². The Hall–Kier alpha value is -1.09. The summed E-state index contributed by atoms with van der Waals surface area (Å²) in [6.45, 7) is 4.52. The van der Waals surface area contributed by atoms with Crippen molar-refractivity contribution in [2.45, 2.75) is 19.9 Å². The minimum Gasteiger partial charge on any atom is -0.493 e. The van der Waals surface area contributed by atoms with Crippen molar-refractivity contribution in [2.75, 3.05) is 6.61 Å². The number of nitrogens with zero attached hydrogens (tertiary/aromatic N) is 1. The van der Waals surface area contributed by atoms with E-state index in [-0.39, 0.29) is 6.04 Å². The Balaban J connectivity index is 2.92. The molecule has 1 atom stereocenters. The van der Waals surface area contributed by atoms with Crippen molar-refractivity contribution in [1.82, 2.24) is 4.98 Å². The molecule has 0 aliphatic heterocycles. The molecule has 3 heteroatoms. The molecular formula is C9H14N2O. The van der Waals surface area contributed by atoms with Crippen LogP contribution < -0.4 is 10.5 Å². The average molecular weight is 166 g/mol. The fraction of sp³-hybridized carbons (Fsp3) is 0.444. The Kier molecular flexibility index (Phi) is 3.05. The molecule has 0 fully saturated rings. The monoisotopic (exact) mass is 166 g/mol. The Morgan fingerprint density at radius 3 is 3.00 bits per heavy atom. The van der Waals surface area contributed by atoms with E-state index in [0.717, 1.165) is 11.3 Å². The van der Waals surface area contributed by atoms with Crippen molar-refractivity contribution in [2.24, 2.45) is 5.73 Å². The van der Waals surface area contributed by atoms with Gasteiger partial charge in [0, 0.05) is 24.0 Å². The zero-order chi connectivity index (χ0) is 8.97. The van der Waals surface area contributed by atoms with Gasteiger partial charge >= 0.3 is 0 Å². The summed E-state index contributed by atoms with van der Waals surface area (Å²) >= 11 is 0. The molecular weight excluding hydrogens is 152 g/mol. The van der Waals surface area contributed by atoms with E-state index in [4.69, 9.17) is 10.5 Å². The third-order valence-corrected chi connectivity index (χ3v) is 1.60. The lowest BCUT2D eigenvalue weighted by molar-refractivity contribution is 0.334. The molecule has 2 N–H and O–H groups in total. The maximum absolute atomic E-state index is 5.72. The first kappa shape index (κ1) is 9.00. The van der Waals surface area contributed by atoms with Crippen LogP contribution in [0.1, 0.15) is 25.5 Å². The normalized spacial score (nSPS) is 12.6. The molecule has 0 amide bonds. The summed E-state index contributed by atoms with van der Waals surface area (Å²) in [5.74, 6) is 0.836. The first-order valence-corrected chi connectivity index (χ1v) is 4.08. The Bertz CT molecular complexity index is 248. The van der Waals surface area contributed by atoms with Crippen molar-refractivity contribution in [3.05, 3.63) is 24.0 Å². The molecule has 0 aromatic carbocycles. The van der Waals surface area contributed by atoms with Gasteiger partial charge in [-0.1, -0.05) is 0 Å². The molecule has 0 aliphatic rings. The van der Waals surface area contributed by atoms with Crippen LogP contribution in [0, 0.1) is 0 Å². The number of nitrogens with two attached hydrogens (primary N) is 1. The van der Waals surface area contributed by atoms with Crippen LogP contribution in [-0.2, 0) is 0 Å². The largest absolute Gasteiger partial charge is 0.493 e. The summed E-state index contributed by atoms with van der Waals surface area (Å²) in [5, 5.41) is 0. The average Bonchev–Trinajstić information content (AvgIpc) is 2.05. The van der Waals surface area contributed by atoms with Gasteiger partial charge in [-0.25, -0.2) is 0 Å². The smallest absolute Gasteiger partial charge is 0.127 e. The standard InChI is InChI=1S/C9H14N2O/c1-3-12-9-4-5-11-6-8(9)7(2)10/h4-7H,3,10H2,1-2H3/t7-/m1/s1. The quantitative estimate of drug-likeness (QED) is 0.740. The van der Waals surface area contributed by atoms with Crippen LogP contribution in [0.4, 0.5) is 0 Å². The molecule has 0 bridgehead atoms. The second-order valence-corrected chi connectivity index (χ2v) is 2.64. The molecule has 1 aromatic heterocycles. The number of pyridine rings is 1. The number of aromatic nitrogens is 1. The van der Waals surface area contributed by atoms with Gasteiger partial charge in [0.2, 0.25) is 0 Å². The highest BCUT2D eigenvalue weighted by Crippen LogP contribution is 2.21. The van der Waals surface area contributed by atoms with Crippen LogP contribution in [0.3, 0.4) is 0 Å². The molecule has 66 valence electrons. The van der Waals surface area contributed by atoms with E-state index in [1.165, 1.54) is 0 Å². The summed E-state index contributed by atoms with van der Waals surface area (Å²) in [6.07, 6.45) is 3.45. The summed E-state index contributed by atoms with van der Waals surface area (Å²) in [5.41, 5.74) is 6.68. The summed E-state index contributed by atoms with van der Waals surface area (Å²) in [6, 6.07) is 1.81. The number of rotatable bonds is 3. The number of ether oxygens (including phenoxy) is 1. The molecule has 1 heterocycles. The molecule has 1 rings (SSSR count). The van der Waals surface area contributed by atoms with E-state index >= 15 is 0 Å². The van der Waals surface area contributed by atoms with Gasteiger partial charge in [-0.05, 0) is 19.9 Å². The van der Waals surface area contributed by atoms with Gasteiger partial charge in [-0.15, -0.1) is 0 Å². The Labute approximate surface area is 72.6 Å². The lowest BCUT2D eigenvalue weighted by Crippen LogP contribution is -2.08. The summed E-state index contributed by atoms with van der Waals surface area (Å²) in [4.78, 5) is 3.99. The molecule has 0 saturated carbocycles. The van der Waals surface area contributed by atoms with Crippen molar-refractivity contribution in [3.8, 4) is 5.75 Å². The van der Waals surface area contributed by atoms with Crippen LogP contribution in [0.5, 0.6) is 5.75 Å². The van der Waals surface area contributed by atoms with Gasteiger partial charge in [0.15, 0.2) is 0 Å². The van der Waals surface area contributed by atoms with Crippen molar-refractivity contribution < 1.29 is 4.74 Å². The zero-order valence-electron chi connectivity index (χ0n) is 7.45. The van der Waals surface area contributed by atoms with Crippen molar-refractivity contribution >= 4 is 0 Å². The van der Waals surface area contributed by atoms with E-state index in [1.54, 1.807) is 12.4 Å². The SMILES string of the molecule is CCOc1ccncc1[C@@H](C)N. The fourth-order valence-corrected chi connectivity index (χ4v) is 1.02.